The fourth-order valence-corrected chi connectivity index (χ4v) is 1.77. The first-order valence-corrected chi connectivity index (χ1v) is 4.57. The van der Waals surface area contributed by atoms with Crippen molar-refractivity contribution in [1.82, 2.24) is 5.32 Å². The van der Waals surface area contributed by atoms with E-state index in [9.17, 15) is 5.11 Å². The van der Waals surface area contributed by atoms with Crippen molar-refractivity contribution in [3.05, 3.63) is 0 Å². The minimum Gasteiger partial charge on any atom is -0.356 e. The van der Waals surface area contributed by atoms with Crippen molar-refractivity contribution in [3.63, 3.8) is 0 Å². The average Bonchev–Trinajstić information content (AvgIpc) is 2.31. The van der Waals surface area contributed by atoms with Gasteiger partial charge < -0.3 is 9.84 Å². The van der Waals surface area contributed by atoms with E-state index in [2.05, 4.69) is 19.2 Å². The second-order valence-electron chi connectivity index (χ2n) is 4.15. The molecule has 0 radical (unpaired) electrons. The third-order valence-electron chi connectivity index (χ3n) is 2.70. The first-order valence-electron chi connectivity index (χ1n) is 4.57. The van der Waals surface area contributed by atoms with Crippen LogP contribution in [0.1, 0.15) is 33.1 Å². The maximum absolute atomic E-state index is 9.22. The molecule has 1 fully saturated rings. The Bertz CT molecular complexity index is 147. The number of aliphatic hydroxyl groups excluding tert-OH is 1. The molecule has 1 aliphatic rings. The Kier molecular flexibility index (Phi) is 3.09. The predicted molar refractivity (Wildman–Crippen MR) is 47.6 cm³/mol. The van der Waals surface area contributed by atoms with E-state index in [-0.39, 0.29) is 11.5 Å². The molecule has 3 nitrogen and oxygen atoms in total. The monoisotopic (exact) mass is 173 g/mol. The van der Waals surface area contributed by atoms with Crippen LogP contribution in [0.5, 0.6) is 0 Å². The van der Waals surface area contributed by atoms with Gasteiger partial charge in [-0.05, 0) is 25.3 Å². The molecule has 1 rings (SSSR count). The Labute approximate surface area is 74.1 Å². The number of nitrogens with one attached hydrogen (secondary N) is 1. The lowest BCUT2D eigenvalue weighted by Gasteiger charge is -2.28. The van der Waals surface area contributed by atoms with Gasteiger partial charge in [-0.25, -0.2) is 0 Å². The molecule has 2 N–H and O–H groups in total. The van der Waals surface area contributed by atoms with Crippen LogP contribution < -0.4 is 5.32 Å². The van der Waals surface area contributed by atoms with Crippen molar-refractivity contribution in [2.75, 3.05) is 7.05 Å². The van der Waals surface area contributed by atoms with Crippen LogP contribution in [0.25, 0.3) is 0 Å². The third-order valence-corrected chi connectivity index (χ3v) is 2.70. The van der Waals surface area contributed by atoms with Crippen molar-refractivity contribution in [1.29, 1.82) is 0 Å². The molecule has 3 heteroatoms. The summed E-state index contributed by atoms with van der Waals surface area (Å²) in [4.78, 5) is 0. The van der Waals surface area contributed by atoms with Crippen molar-refractivity contribution in [3.8, 4) is 0 Å². The highest BCUT2D eigenvalue weighted by atomic mass is 16.6. The van der Waals surface area contributed by atoms with Crippen LogP contribution >= 0.6 is 0 Å². The summed E-state index contributed by atoms with van der Waals surface area (Å²) in [7, 11) is 1.69. The van der Waals surface area contributed by atoms with Gasteiger partial charge >= 0.3 is 0 Å². The van der Waals surface area contributed by atoms with E-state index < -0.39 is 6.41 Å². The van der Waals surface area contributed by atoms with Gasteiger partial charge in [-0.3, -0.25) is 5.32 Å². The predicted octanol–water partition coefficient (Wildman–Crippen LogP) is 1.08. The van der Waals surface area contributed by atoms with Crippen molar-refractivity contribution < 1.29 is 9.84 Å². The summed E-state index contributed by atoms with van der Waals surface area (Å²) in [6, 6.07) is 0. The Balaban J connectivity index is 2.41. The van der Waals surface area contributed by atoms with Crippen molar-refractivity contribution >= 4 is 0 Å². The first-order chi connectivity index (χ1) is 5.56. The minimum absolute atomic E-state index is 0.194. The second-order valence-corrected chi connectivity index (χ2v) is 4.15. The highest BCUT2D eigenvalue weighted by molar-refractivity contribution is 4.85. The number of rotatable bonds is 3. The van der Waals surface area contributed by atoms with Crippen LogP contribution in [0.3, 0.4) is 0 Å². The van der Waals surface area contributed by atoms with E-state index >= 15 is 0 Å². The van der Waals surface area contributed by atoms with Crippen LogP contribution in [0, 0.1) is 5.41 Å². The number of hydrogen-bond acceptors (Lipinski definition) is 3. The molecular formula is C9H19NO2. The largest absolute Gasteiger partial charge is 0.356 e. The SMILES string of the molecule is CNC(O)OC1CCCC1(C)C. The van der Waals surface area contributed by atoms with E-state index in [0.29, 0.717) is 0 Å². The molecule has 0 bridgehead atoms. The number of hydrogen-bond donors (Lipinski definition) is 2. The van der Waals surface area contributed by atoms with Gasteiger partial charge in [-0.1, -0.05) is 20.3 Å². The van der Waals surface area contributed by atoms with E-state index in [0.717, 1.165) is 6.42 Å². The lowest BCUT2D eigenvalue weighted by molar-refractivity contribution is -0.170. The quantitative estimate of drug-likeness (QED) is 0.627. The summed E-state index contributed by atoms with van der Waals surface area (Å²) in [5.74, 6) is 0. The Morgan fingerprint density at radius 3 is 2.67 bits per heavy atom. The van der Waals surface area contributed by atoms with E-state index in [4.69, 9.17) is 4.74 Å². The molecule has 72 valence electrons. The highest BCUT2D eigenvalue weighted by Crippen LogP contribution is 2.39. The molecule has 0 amide bonds. The zero-order chi connectivity index (χ0) is 9.19. The average molecular weight is 173 g/mol. The molecule has 0 spiro atoms. The van der Waals surface area contributed by atoms with Crippen LogP contribution in [-0.2, 0) is 4.74 Å². The van der Waals surface area contributed by atoms with Crippen LogP contribution in [-0.4, -0.2) is 24.7 Å². The molecular weight excluding hydrogens is 154 g/mol. The third kappa shape index (κ3) is 2.19. The molecule has 0 heterocycles. The molecule has 12 heavy (non-hydrogen) atoms. The molecule has 2 atom stereocenters. The fourth-order valence-electron chi connectivity index (χ4n) is 1.77. The summed E-state index contributed by atoms with van der Waals surface area (Å²) >= 11 is 0. The minimum atomic E-state index is -0.813. The summed E-state index contributed by atoms with van der Waals surface area (Å²) in [5.41, 5.74) is 0.220. The Morgan fingerprint density at radius 2 is 2.25 bits per heavy atom. The van der Waals surface area contributed by atoms with Gasteiger partial charge in [0.2, 0.25) is 6.41 Å². The number of ether oxygens (including phenoxy) is 1. The summed E-state index contributed by atoms with van der Waals surface area (Å²) in [6.45, 7) is 4.38. The van der Waals surface area contributed by atoms with Gasteiger partial charge in [-0.15, -0.1) is 0 Å². The summed E-state index contributed by atoms with van der Waals surface area (Å²) in [5, 5.41) is 11.9. The topological polar surface area (TPSA) is 41.5 Å². The summed E-state index contributed by atoms with van der Waals surface area (Å²) < 4.78 is 5.42. The zero-order valence-electron chi connectivity index (χ0n) is 8.13. The molecule has 1 saturated carbocycles. The van der Waals surface area contributed by atoms with Crippen LogP contribution in [0.15, 0.2) is 0 Å². The molecule has 0 aromatic rings. The van der Waals surface area contributed by atoms with Crippen molar-refractivity contribution in [2.24, 2.45) is 5.41 Å². The van der Waals surface area contributed by atoms with Gasteiger partial charge in [-0.2, -0.15) is 0 Å². The molecule has 0 saturated heterocycles. The highest BCUT2D eigenvalue weighted by Gasteiger charge is 2.36. The zero-order valence-corrected chi connectivity index (χ0v) is 8.13. The Hall–Kier alpha value is -0.120. The summed E-state index contributed by atoms with van der Waals surface area (Å²) in [6.07, 6.45) is 2.83. The smallest absolute Gasteiger partial charge is 0.213 e. The molecule has 0 aliphatic heterocycles. The molecule has 0 aromatic carbocycles. The lowest BCUT2D eigenvalue weighted by atomic mass is 9.89. The fraction of sp³-hybridized carbons (Fsp3) is 1.00. The molecule has 1 aliphatic carbocycles. The normalized spacial score (nSPS) is 30.5. The standard InChI is InChI=1S/C9H19NO2/c1-9(2)6-4-5-7(9)12-8(11)10-3/h7-8,10-11H,4-6H2,1-3H3. The lowest BCUT2D eigenvalue weighted by Crippen LogP contribution is -2.36. The second kappa shape index (κ2) is 3.73. The van der Waals surface area contributed by atoms with E-state index in [1.165, 1.54) is 12.8 Å². The maximum atomic E-state index is 9.22. The maximum Gasteiger partial charge on any atom is 0.213 e. The van der Waals surface area contributed by atoms with Gasteiger partial charge in [0.05, 0.1) is 6.10 Å². The van der Waals surface area contributed by atoms with Gasteiger partial charge in [0.15, 0.2) is 0 Å². The van der Waals surface area contributed by atoms with Crippen molar-refractivity contribution in [2.45, 2.75) is 45.6 Å². The van der Waals surface area contributed by atoms with E-state index in [1.54, 1.807) is 7.05 Å². The molecule has 2 unspecified atom stereocenters. The van der Waals surface area contributed by atoms with Crippen LogP contribution in [0.4, 0.5) is 0 Å². The van der Waals surface area contributed by atoms with E-state index in [1.807, 2.05) is 0 Å². The Morgan fingerprint density at radius 1 is 1.58 bits per heavy atom. The van der Waals surface area contributed by atoms with Gasteiger partial charge in [0.25, 0.3) is 0 Å². The molecule has 0 aromatic heterocycles. The van der Waals surface area contributed by atoms with Crippen LogP contribution in [0.2, 0.25) is 0 Å². The first kappa shape index (κ1) is 9.96. The van der Waals surface area contributed by atoms with Gasteiger partial charge in [0.1, 0.15) is 0 Å². The van der Waals surface area contributed by atoms with Gasteiger partial charge in [0, 0.05) is 0 Å². The number of aliphatic hydroxyl groups is 1.